The molecule has 2 fully saturated rings. The van der Waals surface area contributed by atoms with Crippen LogP contribution in [-0.4, -0.2) is 48.1 Å². The van der Waals surface area contributed by atoms with Crippen molar-refractivity contribution in [1.29, 1.82) is 0 Å². The van der Waals surface area contributed by atoms with Gasteiger partial charge in [-0.15, -0.1) is 6.58 Å². The summed E-state index contributed by atoms with van der Waals surface area (Å²) >= 11 is 0. The third kappa shape index (κ3) is 2.11. The highest BCUT2D eigenvalue weighted by molar-refractivity contribution is 4.98. The minimum atomic E-state index is 0.633. The summed E-state index contributed by atoms with van der Waals surface area (Å²) in [5.74, 6) is 0. The Kier molecular flexibility index (Phi) is 3.47. The minimum Gasteiger partial charge on any atom is -0.302 e. The molecule has 0 spiro atoms. The average molecular weight is 208 g/mol. The van der Waals surface area contributed by atoms with Gasteiger partial charge in [-0.2, -0.15) is 0 Å². The summed E-state index contributed by atoms with van der Waals surface area (Å²) in [7, 11) is 2.27. The molecule has 0 saturated carbocycles. The maximum atomic E-state index is 3.97. The largest absolute Gasteiger partial charge is 0.302 e. The molecule has 0 radical (unpaired) electrons. The monoisotopic (exact) mass is 208 g/mol. The predicted octanol–water partition coefficient (Wildman–Crippen LogP) is 2.12. The Morgan fingerprint density at radius 3 is 2.60 bits per heavy atom. The van der Waals surface area contributed by atoms with E-state index in [4.69, 9.17) is 0 Å². The molecule has 0 bridgehead atoms. The SMILES string of the molecule is C=C[C@@H]1CCCN1[C@@H](C)[C@H]1CCCN1C. The summed E-state index contributed by atoms with van der Waals surface area (Å²) in [6.45, 7) is 8.91. The first-order valence-corrected chi connectivity index (χ1v) is 6.32. The molecule has 0 N–H and O–H groups in total. The Labute approximate surface area is 93.9 Å². The van der Waals surface area contributed by atoms with Gasteiger partial charge in [-0.05, 0) is 52.7 Å². The van der Waals surface area contributed by atoms with Gasteiger partial charge >= 0.3 is 0 Å². The summed E-state index contributed by atoms with van der Waals surface area (Å²) in [5.41, 5.74) is 0. The summed E-state index contributed by atoms with van der Waals surface area (Å²) in [4.78, 5) is 5.18. The van der Waals surface area contributed by atoms with E-state index in [0.29, 0.717) is 12.1 Å². The first-order valence-electron chi connectivity index (χ1n) is 6.32. The zero-order chi connectivity index (χ0) is 10.8. The highest BCUT2D eigenvalue weighted by Crippen LogP contribution is 2.27. The van der Waals surface area contributed by atoms with Crippen molar-refractivity contribution in [2.75, 3.05) is 20.1 Å². The van der Waals surface area contributed by atoms with Crippen molar-refractivity contribution >= 4 is 0 Å². The lowest BCUT2D eigenvalue weighted by molar-refractivity contribution is 0.131. The molecule has 2 saturated heterocycles. The van der Waals surface area contributed by atoms with Crippen molar-refractivity contribution in [2.45, 2.75) is 50.7 Å². The first-order chi connectivity index (χ1) is 7.24. The Morgan fingerprint density at radius 2 is 2.00 bits per heavy atom. The number of hydrogen-bond acceptors (Lipinski definition) is 2. The van der Waals surface area contributed by atoms with Crippen LogP contribution >= 0.6 is 0 Å². The van der Waals surface area contributed by atoms with Crippen molar-refractivity contribution in [3.05, 3.63) is 12.7 Å². The Hall–Kier alpha value is -0.340. The molecule has 3 atom stereocenters. The van der Waals surface area contributed by atoms with Crippen LogP contribution in [0.1, 0.15) is 32.6 Å². The van der Waals surface area contributed by atoms with E-state index >= 15 is 0 Å². The Bertz CT molecular complexity index is 227. The second kappa shape index (κ2) is 4.67. The van der Waals surface area contributed by atoms with Gasteiger partial charge < -0.3 is 4.90 Å². The van der Waals surface area contributed by atoms with Gasteiger partial charge in [0.25, 0.3) is 0 Å². The van der Waals surface area contributed by atoms with Crippen molar-refractivity contribution in [3.63, 3.8) is 0 Å². The van der Waals surface area contributed by atoms with Gasteiger partial charge in [0.2, 0.25) is 0 Å². The summed E-state index contributed by atoms with van der Waals surface area (Å²) < 4.78 is 0. The zero-order valence-corrected chi connectivity index (χ0v) is 10.2. The molecule has 0 aromatic carbocycles. The molecule has 2 heterocycles. The van der Waals surface area contributed by atoms with Crippen LogP contribution in [0.25, 0.3) is 0 Å². The fourth-order valence-corrected chi connectivity index (χ4v) is 3.34. The van der Waals surface area contributed by atoms with Crippen molar-refractivity contribution in [2.24, 2.45) is 0 Å². The smallest absolute Gasteiger partial charge is 0.0279 e. The molecule has 0 aliphatic carbocycles. The molecule has 2 rings (SSSR count). The van der Waals surface area contributed by atoms with Gasteiger partial charge in [-0.25, -0.2) is 0 Å². The predicted molar refractivity (Wildman–Crippen MR) is 65.0 cm³/mol. The highest BCUT2D eigenvalue weighted by Gasteiger charge is 2.34. The summed E-state index contributed by atoms with van der Waals surface area (Å²) in [6.07, 6.45) is 7.54. The molecule has 0 aromatic heterocycles. The van der Waals surface area contributed by atoms with E-state index < -0.39 is 0 Å². The van der Waals surface area contributed by atoms with Gasteiger partial charge in [-0.1, -0.05) is 6.08 Å². The molecule has 0 amide bonds. The number of nitrogens with zero attached hydrogens (tertiary/aromatic N) is 2. The Morgan fingerprint density at radius 1 is 1.27 bits per heavy atom. The molecular formula is C13H24N2. The van der Waals surface area contributed by atoms with Crippen LogP contribution in [0, 0.1) is 0 Å². The van der Waals surface area contributed by atoms with Crippen LogP contribution in [0.3, 0.4) is 0 Å². The van der Waals surface area contributed by atoms with E-state index in [2.05, 4.69) is 36.4 Å². The second-order valence-corrected chi connectivity index (χ2v) is 5.11. The third-order valence-corrected chi connectivity index (χ3v) is 4.27. The lowest BCUT2D eigenvalue weighted by Gasteiger charge is -2.36. The van der Waals surface area contributed by atoms with Gasteiger partial charge in [0.1, 0.15) is 0 Å². The lowest BCUT2D eigenvalue weighted by Crippen LogP contribution is -2.47. The molecule has 15 heavy (non-hydrogen) atoms. The van der Waals surface area contributed by atoms with E-state index in [9.17, 15) is 0 Å². The normalized spacial score (nSPS) is 35.9. The Balaban J connectivity index is 1.99. The first kappa shape index (κ1) is 11.2. The molecule has 2 aliphatic heterocycles. The number of likely N-dealkylation sites (N-methyl/N-ethyl adjacent to an activating group) is 1. The van der Waals surface area contributed by atoms with E-state index in [0.717, 1.165) is 6.04 Å². The molecule has 0 unspecified atom stereocenters. The fraction of sp³-hybridized carbons (Fsp3) is 0.846. The van der Waals surface area contributed by atoms with Crippen LogP contribution < -0.4 is 0 Å². The van der Waals surface area contributed by atoms with Gasteiger partial charge in [0.05, 0.1) is 0 Å². The van der Waals surface area contributed by atoms with Crippen LogP contribution in [0.4, 0.5) is 0 Å². The van der Waals surface area contributed by atoms with Crippen LogP contribution in [0.15, 0.2) is 12.7 Å². The van der Waals surface area contributed by atoms with Gasteiger partial charge in [0.15, 0.2) is 0 Å². The van der Waals surface area contributed by atoms with Crippen LogP contribution in [0.5, 0.6) is 0 Å². The average Bonchev–Trinajstić information content (AvgIpc) is 2.84. The second-order valence-electron chi connectivity index (χ2n) is 5.11. The van der Waals surface area contributed by atoms with Gasteiger partial charge in [-0.3, -0.25) is 4.90 Å². The van der Waals surface area contributed by atoms with Crippen LogP contribution in [-0.2, 0) is 0 Å². The number of hydrogen-bond donors (Lipinski definition) is 0. The topological polar surface area (TPSA) is 6.48 Å². The van der Waals surface area contributed by atoms with Gasteiger partial charge in [0, 0.05) is 18.1 Å². The molecule has 2 heteroatoms. The summed E-state index contributed by atoms with van der Waals surface area (Å²) in [5, 5.41) is 0. The number of rotatable bonds is 3. The third-order valence-electron chi connectivity index (χ3n) is 4.27. The van der Waals surface area contributed by atoms with Crippen LogP contribution in [0.2, 0.25) is 0 Å². The van der Waals surface area contributed by atoms with E-state index in [-0.39, 0.29) is 0 Å². The lowest BCUT2D eigenvalue weighted by atomic mass is 10.0. The molecule has 86 valence electrons. The highest BCUT2D eigenvalue weighted by atomic mass is 15.3. The standard InChI is InChI=1S/C13H24N2/c1-4-12-7-5-10-15(12)11(2)13-8-6-9-14(13)3/h4,11-13H,1,5-10H2,2-3H3/t11-,12+,13+/m0/s1. The maximum absolute atomic E-state index is 3.97. The molecule has 0 aromatic rings. The van der Waals surface area contributed by atoms with E-state index in [1.807, 2.05) is 0 Å². The van der Waals surface area contributed by atoms with Crippen molar-refractivity contribution in [1.82, 2.24) is 9.80 Å². The molecule has 2 aliphatic rings. The summed E-state index contributed by atoms with van der Waals surface area (Å²) in [6, 6.07) is 2.10. The quantitative estimate of drug-likeness (QED) is 0.656. The van der Waals surface area contributed by atoms with Crippen molar-refractivity contribution < 1.29 is 0 Å². The van der Waals surface area contributed by atoms with E-state index in [1.165, 1.54) is 38.8 Å². The maximum Gasteiger partial charge on any atom is 0.0279 e. The minimum absolute atomic E-state index is 0.633. The fourth-order valence-electron chi connectivity index (χ4n) is 3.34. The number of likely N-dealkylation sites (tertiary alicyclic amines) is 2. The van der Waals surface area contributed by atoms with Crippen molar-refractivity contribution in [3.8, 4) is 0 Å². The van der Waals surface area contributed by atoms with E-state index in [1.54, 1.807) is 0 Å². The zero-order valence-electron chi connectivity index (χ0n) is 10.2. The molecular weight excluding hydrogens is 184 g/mol. The molecule has 2 nitrogen and oxygen atoms in total.